The summed E-state index contributed by atoms with van der Waals surface area (Å²) in [5.74, 6) is 1.64. The number of imidazole rings is 1. The Kier molecular flexibility index (Phi) is 6.41. The number of H-pyrrole nitrogens is 1. The van der Waals surface area contributed by atoms with Crippen LogP contribution in [0.4, 0.5) is 5.69 Å². The van der Waals surface area contributed by atoms with Crippen molar-refractivity contribution in [3.05, 3.63) is 35.0 Å². The summed E-state index contributed by atoms with van der Waals surface area (Å²) in [5, 5.41) is 7.30. The molecule has 1 aliphatic rings. The van der Waals surface area contributed by atoms with Gasteiger partial charge in [0, 0.05) is 18.2 Å². The van der Waals surface area contributed by atoms with E-state index in [0.717, 1.165) is 72.0 Å². The monoisotopic (exact) mass is 428 g/mol. The molecule has 0 saturated carbocycles. The first-order valence-corrected chi connectivity index (χ1v) is 10.8. The second-order valence-electron chi connectivity index (χ2n) is 7.91. The maximum atomic E-state index is 6.51. The fourth-order valence-electron chi connectivity index (χ4n) is 3.82. The minimum Gasteiger partial charge on any atom is -0.492 e. The van der Waals surface area contributed by atoms with Gasteiger partial charge in [-0.2, -0.15) is 0 Å². The highest BCUT2D eigenvalue weighted by molar-refractivity contribution is 6.34. The second kappa shape index (κ2) is 9.20. The molecule has 0 bridgehead atoms. The van der Waals surface area contributed by atoms with E-state index in [-0.39, 0.29) is 0 Å². The van der Waals surface area contributed by atoms with Crippen molar-refractivity contribution >= 4 is 28.5 Å². The summed E-state index contributed by atoms with van der Waals surface area (Å²) >= 11 is 6.51. The zero-order valence-electron chi connectivity index (χ0n) is 17.8. The number of hydrogen-bond acceptors (Lipinski definition) is 6. The number of halogens is 1. The van der Waals surface area contributed by atoms with E-state index in [9.17, 15) is 0 Å². The summed E-state index contributed by atoms with van der Waals surface area (Å²) in [6, 6.07) is 6.44. The first-order valence-electron chi connectivity index (χ1n) is 10.4. The van der Waals surface area contributed by atoms with Crippen molar-refractivity contribution in [1.82, 2.24) is 25.2 Å². The molecule has 0 spiro atoms. The summed E-state index contributed by atoms with van der Waals surface area (Å²) in [7, 11) is 4.07. The van der Waals surface area contributed by atoms with Crippen molar-refractivity contribution in [3.63, 3.8) is 0 Å². The SMILES string of the molecule is CNCCOc1ccc(-c2nc3c(NC4CCN(C)CC4)c(Cl)cnc3[nH]2)c(C)c1. The van der Waals surface area contributed by atoms with Gasteiger partial charge in [-0.15, -0.1) is 0 Å². The molecule has 0 radical (unpaired) electrons. The number of fused-ring (bicyclic) bond motifs is 1. The summed E-state index contributed by atoms with van der Waals surface area (Å²) in [4.78, 5) is 15.0. The van der Waals surface area contributed by atoms with Gasteiger partial charge in [0.25, 0.3) is 0 Å². The summed E-state index contributed by atoms with van der Waals surface area (Å²) < 4.78 is 5.77. The van der Waals surface area contributed by atoms with Crippen molar-refractivity contribution in [2.45, 2.75) is 25.8 Å². The lowest BCUT2D eigenvalue weighted by molar-refractivity contribution is 0.264. The van der Waals surface area contributed by atoms with Crippen LogP contribution in [0.1, 0.15) is 18.4 Å². The number of likely N-dealkylation sites (N-methyl/N-ethyl adjacent to an activating group) is 1. The van der Waals surface area contributed by atoms with E-state index < -0.39 is 0 Å². The van der Waals surface area contributed by atoms with Gasteiger partial charge in [-0.1, -0.05) is 11.6 Å². The summed E-state index contributed by atoms with van der Waals surface area (Å²) in [6.45, 7) is 5.66. The number of aromatic nitrogens is 3. The molecule has 3 N–H and O–H groups in total. The van der Waals surface area contributed by atoms with Gasteiger partial charge in [-0.25, -0.2) is 9.97 Å². The molecule has 0 unspecified atom stereocenters. The number of hydrogen-bond donors (Lipinski definition) is 3. The van der Waals surface area contributed by atoms with Crippen molar-refractivity contribution in [3.8, 4) is 17.1 Å². The van der Waals surface area contributed by atoms with Crippen LogP contribution in [-0.4, -0.2) is 66.2 Å². The molecule has 1 saturated heterocycles. The molecule has 0 amide bonds. The van der Waals surface area contributed by atoms with Gasteiger partial charge in [0.2, 0.25) is 0 Å². The molecule has 2 aromatic heterocycles. The standard InChI is InChI=1S/C22H29ClN6O/c1-14-12-16(30-11-8-24-2)4-5-17(14)21-27-20-19(18(23)13-25-22(20)28-21)26-15-6-9-29(3)10-7-15/h4-5,12-13,15,24H,6-11H2,1-3H3,(H2,25,26,27,28). The Bertz CT molecular complexity index is 1010. The van der Waals surface area contributed by atoms with Crippen LogP contribution in [0.5, 0.6) is 5.75 Å². The fraction of sp³-hybridized carbons (Fsp3) is 0.455. The van der Waals surface area contributed by atoms with Crippen LogP contribution in [-0.2, 0) is 0 Å². The largest absolute Gasteiger partial charge is 0.492 e. The number of pyridine rings is 1. The van der Waals surface area contributed by atoms with E-state index in [2.05, 4.69) is 39.5 Å². The predicted octanol–water partition coefficient (Wildman–Crippen LogP) is 3.69. The molecule has 4 rings (SSSR count). The molecule has 7 nitrogen and oxygen atoms in total. The molecule has 8 heteroatoms. The quantitative estimate of drug-likeness (QED) is 0.498. The molecule has 1 fully saturated rings. The molecular formula is C22H29ClN6O. The Balaban J connectivity index is 1.60. The van der Waals surface area contributed by atoms with Gasteiger partial charge >= 0.3 is 0 Å². The number of nitrogens with zero attached hydrogens (tertiary/aromatic N) is 3. The highest BCUT2D eigenvalue weighted by Crippen LogP contribution is 2.33. The second-order valence-corrected chi connectivity index (χ2v) is 8.32. The summed E-state index contributed by atoms with van der Waals surface area (Å²) in [6.07, 6.45) is 3.86. The van der Waals surface area contributed by atoms with E-state index in [1.54, 1.807) is 6.20 Å². The number of aromatic amines is 1. The van der Waals surface area contributed by atoms with Gasteiger partial charge in [-0.05, 0) is 70.7 Å². The van der Waals surface area contributed by atoms with Gasteiger partial charge < -0.3 is 25.3 Å². The molecule has 3 heterocycles. The number of ether oxygens (including phenoxy) is 1. The van der Waals surface area contributed by atoms with Crippen molar-refractivity contribution in [1.29, 1.82) is 0 Å². The molecule has 0 atom stereocenters. The molecule has 3 aromatic rings. The highest BCUT2D eigenvalue weighted by Gasteiger charge is 2.20. The topological polar surface area (TPSA) is 78.1 Å². The first-order chi connectivity index (χ1) is 14.5. The van der Waals surface area contributed by atoms with Crippen molar-refractivity contribution in [2.24, 2.45) is 0 Å². The lowest BCUT2D eigenvalue weighted by Crippen LogP contribution is -2.36. The highest BCUT2D eigenvalue weighted by atomic mass is 35.5. The molecule has 30 heavy (non-hydrogen) atoms. The third-order valence-corrected chi connectivity index (χ3v) is 5.89. The van der Waals surface area contributed by atoms with Crippen LogP contribution in [0.3, 0.4) is 0 Å². The number of piperidine rings is 1. The van der Waals surface area contributed by atoms with Crippen LogP contribution in [0, 0.1) is 6.92 Å². The maximum absolute atomic E-state index is 6.51. The Labute approximate surface area is 182 Å². The van der Waals surface area contributed by atoms with Crippen LogP contribution in [0.2, 0.25) is 5.02 Å². The molecule has 0 aliphatic carbocycles. The third-order valence-electron chi connectivity index (χ3n) is 5.61. The molecule has 1 aromatic carbocycles. The Morgan fingerprint density at radius 3 is 2.83 bits per heavy atom. The lowest BCUT2D eigenvalue weighted by Gasteiger charge is -2.30. The minimum absolute atomic E-state index is 0.389. The zero-order valence-corrected chi connectivity index (χ0v) is 18.5. The Morgan fingerprint density at radius 2 is 2.10 bits per heavy atom. The number of likely N-dealkylation sites (tertiary alicyclic amines) is 1. The number of rotatable bonds is 7. The van der Waals surface area contributed by atoms with Crippen molar-refractivity contribution < 1.29 is 4.74 Å². The lowest BCUT2D eigenvalue weighted by atomic mass is 10.1. The fourth-order valence-corrected chi connectivity index (χ4v) is 4.01. The average molecular weight is 429 g/mol. The number of benzene rings is 1. The predicted molar refractivity (Wildman–Crippen MR) is 123 cm³/mol. The van der Waals surface area contributed by atoms with Crippen LogP contribution in [0.15, 0.2) is 24.4 Å². The normalized spacial score (nSPS) is 15.6. The minimum atomic E-state index is 0.389. The summed E-state index contributed by atoms with van der Waals surface area (Å²) in [5.41, 5.74) is 4.49. The van der Waals surface area contributed by atoms with E-state index in [4.69, 9.17) is 21.3 Å². The van der Waals surface area contributed by atoms with Crippen LogP contribution >= 0.6 is 11.6 Å². The zero-order chi connectivity index (χ0) is 21.1. The Hall–Kier alpha value is -2.35. The van der Waals surface area contributed by atoms with Gasteiger partial charge in [0.05, 0.1) is 16.9 Å². The van der Waals surface area contributed by atoms with Gasteiger partial charge in [0.15, 0.2) is 5.65 Å². The van der Waals surface area contributed by atoms with Crippen LogP contribution in [0.25, 0.3) is 22.6 Å². The number of aryl methyl sites for hydroxylation is 1. The van der Waals surface area contributed by atoms with Gasteiger partial charge in [-0.3, -0.25) is 0 Å². The van der Waals surface area contributed by atoms with Crippen LogP contribution < -0.4 is 15.4 Å². The molecule has 1 aliphatic heterocycles. The molecular weight excluding hydrogens is 400 g/mol. The first kappa shape index (κ1) is 20.9. The smallest absolute Gasteiger partial charge is 0.159 e. The van der Waals surface area contributed by atoms with E-state index >= 15 is 0 Å². The number of nitrogens with one attached hydrogen (secondary N) is 3. The Morgan fingerprint density at radius 1 is 1.30 bits per heavy atom. The van der Waals surface area contributed by atoms with E-state index in [1.807, 2.05) is 25.2 Å². The van der Waals surface area contributed by atoms with E-state index in [1.165, 1.54) is 0 Å². The average Bonchev–Trinajstić information content (AvgIpc) is 3.16. The van der Waals surface area contributed by atoms with E-state index in [0.29, 0.717) is 17.7 Å². The number of anilines is 1. The van der Waals surface area contributed by atoms with Gasteiger partial charge in [0.1, 0.15) is 23.7 Å². The van der Waals surface area contributed by atoms with Crippen molar-refractivity contribution in [2.75, 3.05) is 45.7 Å². The molecule has 160 valence electrons. The third kappa shape index (κ3) is 4.53. The maximum Gasteiger partial charge on any atom is 0.159 e.